The molecule has 1 N–H and O–H groups in total. The average molecular weight is 306 g/mol. The molecule has 0 spiro atoms. The van der Waals surface area contributed by atoms with Gasteiger partial charge in [0.25, 0.3) is 5.91 Å². The lowest BCUT2D eigenvalue weighted by Gasteiger charge is -2.05. The Morgan fingerprint density at radius 3 is 2.23 bits per heavy atom. The highest BCUT2D eigenvalue weighted by molar-refractivity contribution is 6.36. The minimum absolute atomic E-state index is 0.00746. The summed E-state index contributed by atoms with van der Waals surface area (Å²) in [5.41, 5.74) is 3.64. The Morgan fingerprint density at radius 2 is 1.68 bits per heavy atom. The van der Waals surface area contributed by atoms with Gasteiger partial charge in [0.15, 0.2) is 0 Å². The van der Waals surface area contributed by atoms with Gasteiger partial charge in [-0.2, -0.15) is 5.10 Å². The molecule has 0 fully saturated rings. The number of hydrogen-bond donors (Lipinski definition) is 1. The third-order valence-electron chi connectivity index (χ3n) is 2.82. The summed E-state index contributed by atoms with van der Waals surface area (Å²) >= 11 is 0. The standard InChI is InChI=1S/C15H18N2O5/c1-10-4-6-11(7-5-10)14(19)17-16-12(15(20)22-3)8-9-13(18)21-2/h4-7H,8-9H2,1-3H3,(H,17,19). The molecule has 0 radical (unpaired) electrons. The van der Waals surface area contributed by atoms with Gasteiger partial charge in [-0.05, 0) is 19.1 Å². The molecule has 0 saturated heterocycles. The van der Waals surface area contributed by atoms with Crippen LogP contribution >= 0.6 is 0 Å². The normalized spacial score (nSPS) is 10.8. The third kappa shape index (κ3) is 5.35. The second-order valence-corrected chi connectivity index (χ2v) is 4.43. The maximum Gasteiger partial charge on any atom is 0.354 e. The lowest BCUT2D eigenvalue weighted by molar-refractivity contribution is -0.140. The van der Waals surface area contributed by atoms with E-state index in [2.05, 4.69) is 20.0 Å². The minimum atomic E-state index is -0.715. The molecule has 7 heteroatoms. The highest BCUT2D eigenvalue weighted by Crippen LogP contribution is 2.03. The van der Waals surface area contributed by atoms with Crippen molar-refractivity contribution in [2.24, 2.45) is 5.10 Å². The Kier molecular flexibility index (Phi) is 6.75. The van der Waals surface area contributed by atoms with Crippen LogP contribution in [0.4, 0.5) is 0 Å². The van der Waals surface area contributed by atoms with E-state index in [-0.39, 0.29) is 18.6 Å². The van der Waals surface area contributed by atoms with Crippen molar-refractivity contribution in [3.8, 4) is 0 Å². The number of aryl methyl sites for hydroxylation is 1. The molecule has 1 rings (SSSR count). The second-order valence-electron chi connectivity index (χ2n) is 4.43. The fourth-order valence-electron chi connectivity index (χ4n) is 1.53. The highest BCUT2D eigenvalue weighted by Gasteiger charge is 2.15. The summed E-state index contributed by atoms with van der Waals surface area (Å²) in [6.07, 6.45) is -0.0294. The van der Waals surface area contributed by atoms with Crippen molar-refractivity contribution in [2.75, 3.05) is 14.2 Å². The largest absolute Gasteiger partial charge is 0.469 e. The lowest BCUT2D eigenvalue weighted by atomic mass is 10.1. The Bertz CT molecular complexity index is 578. The second kappa shape index (κ2) is 8.56. The molecule has 0 aliphatic carbocycles. The SMILES string of the molecule is COC(=O)CCC(=NNC(=O)c1ccc(C)cc1)C(=O)OC. The van der Waals surface area contributed by atoms with E-state index >= 15 is 0 Å². The number of hydrogen-bond acceptors (Lipinski definition) is 6. The maximum absolute atomic E-state index is 11.9. The van der Waals surface area contributed by atoms with Crippen molar-refractivity contribution in [3.63, 3.8) is 0 Å². The number of nitrogens with zero attached hydrogens (tertiary/aromatic N) is 1. The van der Waals surface area contributed by atoms with Crippen LogP contribution in [0.2, 0.25) is 0 Å². The van der Waals surface area contributed by atoms with Gasteiger partial charge < -0.3 is 9.47 Å². The van der Waals surface area contributed by atoms with Gasteiger partial charge in [0, 0.05) is 12.0 Å². The Morgan fingerprint density at radius 1 is 1.05 bits per heavy atom. The van der Waals surface area contributed by atoms with E-state index in [0.29, 0.717) is 5.56 Å². The van der Waals surface area contributed by atoms with Gasteiger partial charge in [-0.25, -0.2) is 10.2 Å². The van der Waals surface area contributed by atoms with Gasteiger partial charge in [0.1, 0.15) is 5.71 Å². The zero-order valence-corrected chi connectivity index (χ0v) is 12.7. The van der Waals surface area contributed by atoms with E-state index < -0.39 is 17.8 Å². The van der Waals surface area contributed by atoms with E-state index in [1.807, 2.05) is 6.92 Å². The Hall–Kier alpha value is -2.70. The molecule has 0 heterocycles. The number of methoxy groups -OCH3 is 2. The molecular formula is C15H18N2O5. The molecule has 1 amide bonds. The summed E-state index contributed by atoms with van der Waals surface area (Å²) in [5.74, 6) is -1.66. The van der Waals surface area contributed by atoms with Gasteiger partial charge in [-0.1, -0.05) is 17.7 Å². The summed E-state index contributed by atoms with van der Waals surface area (Å²) in [5, 5.41) is 3.73. The fraction of sp³-hybridized carbons (Fsp3) is 0.333. The van der Waals surface area contributed by atoms with E-state index in [9.17, 15) is 14.4 Å². The summed E-state index contributed by atoms with van der Waals surface area (Å²) in [4.78, 5) is 34.6. The van der Waals surface area contributed by atoms with E-state index in [1.54, 1.807) is 24.3 Å². The smallest absolute Gasteiger partial charge is 0.354 e. The van der Waals surface area contributed by atoms with E-state index in [1.165, 1.54) is 14.2 Å². The average Bonchev–Trinajstić information content (AvgIpc) is 2.54. The molecule has 22 heavy (non-hydrogen) atoms. The predicted molar refractivity (Wildman–Crippen MR) is 79.3 cm³/mol. The number of carbonyl (C=O) groups is 3. The molecule has 0 aliphatic heterocycles. The van der Waals surface area contributed by atoms with Gasteiger partial charge in [-0.15, -0.1) is 0 Å². The summed E-state index contributed by atoms with van der Waals surface area (Å²) in [6.45, 7) is 1.90. The minimum Gasteiger partial charge on any atom is -0.469 e. The number of carbonyl (C=O) groups excluding carboxylic acids is 3. The van der Waals surface area contributed by atoms with Crippen molar-refractivity contribution < 1.29 is 23.9 Å². The van der Waals surface area contributed by atoms with Crippen LogP contribution < -0.4 is 5.43 Å². The van der Waals surface area contributed by atoms with Crippen LogP contribution in [0.5, 0.6) is 0 Å². The fourth-order valence-corrected chi connectivity index (χ4v) is 1.53. The van der Waals surface area contributed by atoms with Crippen molar-refractivity contribution in [2.45, 2.75) is 19.8 Å². The molecule has 0 bridgehead atoms. The number of hydrazone groups is 1. The van der Waals surface area contributed by atoms with Crippen molar-refractivity contribution in [1.82, 2.24) is 5.43 Å². The molecule has 0 atom stereocenters. The zero-order chi connectivity index (χ0) is 16.5. The van der Waals surface area contributed by atoms with Gasteiger partial charge >= 0.3 is 11.9 Å². The molecule has 118 valence electrons. The monoisotopic (exact) mass is 306 g/mol. The molecule has 1 aromatic carbocycles. The summed E-state index contributed by atoms with van der Waals surface area (Å²) < 4.78 is 9.05. The zero-order valence-electron chi connectivity index (χ0n) is 12.7. The number of ether oxygens (including phenoxy) is 2. The first-order valence-corrected chi connectivity index (χ1v) is 6.56. The van der Waals surface area contributed by atoms with Gasteiger partial charge in [0.05, 0.1) is 20.6 Å². The molecule has 0 unspecified atom stereocenters. The predicted octanol–water partition coefficient (Wildman–Crippen LogP) is 1.21. The summed E-state index contributed by atoms with van der Waals surface area (Å²) in [6, 6.07) is 6.87. The number of esters is 2. The van der Waals surface area contributed by atoms with Crippen molar-refractivity contribution in [1.29, 1.82) is 0 Å². The first-order valence-electron chi connectivity index (χ1n) is 6.56. The number of nitrogens with one attached hydrogen (secondary N) is 1. The van der Waals surface area contributed by atoms with Gasteiger partial charge in [-0.3, -0.25) is 9.59 Å². The van der Waals surface area contributed by atoms with Crippen LogP contribution in [0.15, 0.2) is 29.4 Å². The molecule has 7 nitrogen and oxygen atoms in total. The van der Waals surface area contributed by atoms with Crippen LogP contribution in [0.3, 0.4) is 0 Å². The first kappa shape index (κ1) is 17.4. The highest BCUT2D eigenvalue weighted by atomic mass is 16.5. The van der Waals surface area contributed by atoms with Gasteiger partial charge in [0.2, 0.25) is 0 Å². The number of benzene rings is 1. The Labute approximate surface area is 128 Å². The third-order valence-corrected chi connectivity index (χ3v) is 2.82. The molecule has 0 aromatic heterocycles. The van der Waals surface area contributed by atoms with Crippen LogP contribution in [0.1, 0.15) is 28.8 Å². The van der Waals surface area contributed by atoms with Crippen molar-refractivity contribution in [3.05, 3.63) is 35.4 Å². The molecule has 1 aromatic rings. The topological polar surface area (TPSA) is 94.1 Å². The van der Waals surface area contributed by atoms with Crippen LogP contribution in [0.25, 0.3) is 0 Å². The van der Waals surface area contributed by atoms with Crippen LogP contribution in [-0.4, -0.2) is 37.8 Å². The summed E-state index contributed by atoms with van der Waals surface area (Å²) in [7, 11) is 2.44. The van der Waals surface area contributed by atoms with E-state index in [0.717, 1.165) is 5.56 Å². The molecular weight excluding hydrogens is 288 g/mol. The van der Waals surface area contributed by atoms with Crippen LogP contribution in [0, 0.1) is 6.92 Å². The first-order chi connectivity index (χ1) is 10.5. The van der Waals surface area contributed by atoms with Crippen molar-refractivity contribution >= 4 is 23.6 Å². The molecule has 0 saturated carbocycles. The maximum atomic E-state index is 11.9. The van der Waals surface area contributed by atoms with Crippen LogP contribution in [-0.2, 0) is 19.1 Å². The number of amides is 1. The lowest BCUT2D eigenvalue weighted by Crippen LogP contribution is -2.25. The van der Waals surface area contributed by atoms with E-state index in [4.69, 9.17) is 0 Å². The molecule has 0 aliphatic rings. The Balaban J connectivity index is 2.75. The quantitative estimate of drug-likeness (QED) is 0.484. The number of rotatable bonds is 6.